The predicted octanol–water partition coefficient (Wildman–Crippen LogP) is 1.94. The van der Waals surface area contributed by atoms with Crippen LogP contribution in [0, 0.1) is 5.92 Å². The highest BCUT2D eigenvalue weighted by Gasteiger charge is 2.29. The molecule has 3 aromatic rings. The van der Waals surface area contributed by atoms with E-state index >= 15 is 0 Å². The molecule has 2 atom stereocenters. The van der Waals surface area contributed by atoms with E-state index in [0.717, 1.165) is 16.6 Å². The maximum atomic E-state index is 11.7. The maximum Gasteiger partial charge on any atom is 0.241 e. The topological polar surface area (TPSA) is 103 Å². The molecule has 1 fully saturated rings. The fraction of sp³-hybridized carbons (Fsp3) is 0.350. The molecular weight excluding hydrogens is 392 g/mol. The monoisotopic (exact) mass is 414 g/mol. The number of benzene rings is 1. The summed E-state index contributed by atoms with van der Waals surface area (Å²) in [7, 11) is -1.39. The van der Waals surface area contributed by atoms with Gasteiger partial charge in [-0.05, 0) is 25.1 Å². The van der Waals surface area contributed by atoms with Crippen LogP contribution in [0.4, 0.5) is 0 Å². The number of ether oxygens (including phenoxy) is 1. The van der Waals surface area contributed by atoms with Crippen molar-refractivity contribution in [2.24, 2.45) is 13.0 Å². The van der Waals surface area contributed by atoms with E-state index in [0.29, 0.717) is 24.5 Å². The largest absolute Gasteiger partial charge is 0.473 e. The van der Waals surface area contributed by atoms with Crippen LogP contribution < -0.4 is 10.1 Å². The molecule has 3 heterocycles. The second kappa shape index (κ2) is 7.14. The minimum Gasteiger partial charge on any atom is -0.473 e. The van der Waals surface area contributed by atoms with Crippen LogP contribution >= 0.6 is 0 Å². The Bertz CT molecular complexity index is 1190. The van der Waals surface area contributed by atoms with Gasteiger partial charge in [0.2, 0.25) is 11.8 Å². The molecule has 1 N–H and O–H groups in total. The number of carbonyl (C=O) groups is 1. The molecule has 152 valence electrons. The second-order valence-corrected chi connectivity index (χ2v) is 9.44. The first-order valence-corrected chi connectivity index (χ1v) is 11.2. The maximum absolute atomic E-state index is 11.7. The number of hydrogen-bond donors (Lipinski definition) is 1. The van der Waals surface area contributed by atoms with Crippen LogP contribution in [0.3, 0.4) is 0 Å². The molecular formula is C20H22N4O4S. The van der Waals surface area contributed by atoms with Gasteiger partial charge >= 0.3 is 0 Å². The lowest BCUT2D eigenvalue weighted by atomic mass is 10.0. The zero-order valence-electron chi connectivity index (χ0n) is 16.4. The number of imidazole rings is 1. The molecule has 1 saturated heterocycles. The number of aromatic nitrogens is 3. The van der Waals surface area contributed by atoms with Crippen LogP contribution in [0.1, 0.15) is 13.3 Å². The third-order valence-corrected chi connectivity index (χ3v) is 6.34. The van der Waals surface area contributed by atoms with Gasteiger partial charge in [-0.15, -0.1) is 0 Å². The van der Waals surface area contributed by atoms with Crippen molar-refractivity contribution in [2.75, 3.05) is 12.8 Å². The van der Waals surface area contributed by atoms with Crippen molar-refractivity contribution in [1.29, 1.82) is 0 Å². The van der Waals surface area contributed by atoms with Crippen LogP contribution in [-0.4, -0.2) is 47.8 Å². The molecule has 4 rings (SSSR count). The molecule has 0 radical (unpaired) electrons. The molecule has 0 bridgehead atoms. The number of pyridine rings is 1. The van der Waals surface area contributed by atoms with E-state index in [1.54, 1.807) is 30.6 Å². The molecule has 29 heavy (non-hydrogen) atoms. The van der Waals surface area contributed by atoms with Gasteiger partial charge in [-0.1, -0.05) is 12.1 Å². The molecule has 1 aromatic carbocycles. The summed E-state index contributed by atoms with van der Waals surface area (Å²) in [5.41, 5.74) is 2.90. The lowest BCUT2D eigenvalue weighted by Crippen LogP contribution is -2.26. The summed E-state index contributed by atoms with van der Waals surface area (Å²) in [5.74, 6) is 0.547. The van der Waals surface area contributed by atoms with Crippen molar-refractivity contribution in [1.82, 2.24) is 19.9 Å². The number of amides is 1. The van der Waals surface area contributed by atoms with E-state index < -0.39 is 9.84 Å². The second-order valence-electron chi connectivity index (χ2n) is 7.42. The van der Waals surface area contributed by atoms with Crippen molar-refractivity contribution in [3.8, 4) is 17.1 Å². The average Bonchev–Trinajstić information content (AvgIpc) is 3.27. The highest BCUT2D eigenvalue weighted by Crippen LogP contribution is 2.31. The fourth-order valence-electron chi connectivity index (χ4n) is 3.47. The third-order valence-electron chi connectivity index (χ3n) is 5.21. The van der Waals surface area contributed by atoms with Crippen LogP contribution in [-0.2, 0) is 21.7 Å². The molecule has 8 nitrogen and oxygen atoms in total. The summed E-state index contributed by atoms with van der Waals surface area (Å²) >= 11 is 0. The van der Waals surface area contributed by atoms with Crippen molar-refractivity contribution in [3.63, 3.8) is 0 Å². The summed E-state index contributed by atoms with van der Waals surface area (Å²) in [6, 6.07) is 8.42. The van der Waals surface area contributed by atoms with Crippen LogP contribution in [0.25, 0.3) is 22.3 Å². The zero-order chi connectivity index (χ0) is 20.8. The van der Waals surface area contributed by atoms with Gasteiger partial charge in [0.15, 0.2) is 9.84 Å². The number of rotatable bonds is 5. The van der Waals surface area contributed by atoms with Crippen molar-refractivity contribution < 1.29 is 17.9 Å². The van der Waals surface area contributed by atoms with E-state index in [1.807, 2.05) is 24.6 Å². The number of hydrogen-bond acceptors (Lipinski definition) is 6. The van der Waals surface area contributed by atoms with E-state index in [2.05, 4.69) is 15.3 Å². The van der Waals surface area contributed by atoms with Crippen LogP contribution in [0.5, 0.6) is 5.88 Å². The molecule has 1 aliphatic heterocycles. The molecule has 1 unspecified atom stereocenters. The Kier molecular flexibility index (Phi) is 4.77. The summed E-state index contributed by atoms with van der Waals surface area (Å²) in [5, 5.41) is 2.83. The summed E-state index contributed by atoms with van der Waals surface area (Å²) < 4.78 is 31.4. The Morgan fingerprint density at radius 2 is 2.00 bits per heavy atom. The average molecular weight is 414 g/mol. The van der Waals surface area contributed by atoms with E-state index in [4.69, 9.17) is 4.74 Å². The van der Waals surface area contributed by atoms with Gasteiger partial charge in [-0.25, -0.2) is 18.4 Å². The minimum absolute atomic E-state index is 0.0313. The number of carbonyl (C=O) groups excluding carboxylic acids is 1. The number of aryl methyl sites for hydroxylation is 1. The Balaban J connectivity index is 1.72. The lowest BCUT2D eigenvalue weighted by molar-refractivity contribution is -0.119. The first-order valence-electron chi connectivity index (χ1n) is 9.28. The lowest BCUT2D eigenvalue weighted by Gasteiger charge is -2.20. The first kappa shape index (κ1) is 19.4. The molecule has 0 aliphatic carbocycles. The number of nitrogens with one attached hydrogen (secondary N) is 1. The van der Waals surface area contributed by atoms with Crippen LogP contribution in [0.15, 0.2) is 41.6 Å². The zero-order valence-corrected chi connectivity index (χ0v) is 17.2. The Morgan fingerprint density at radius 1 is 1.28 bits per heavy atom. The number of fused-ring (bicyclic) bond motifs is 1. The SMILES string of the molecule is C[C@@H](Oc1nc(-c2ccc(S(C)(=O)=O)cc2)cc2ncn(C)c12)C1CNC(=O)C1. The van der Waals surface area contributed by atoms with E-state index in [1.165, 1.54) is 6.26 Å². The Morgan fingerprint density at radius 3 is 2.62 bits per heavy atom. The Labute approximate surface area is 168 Å². The van der Waals surface area contributed by atoms with Gasteiger partial charge < -0.3 is 14.6 Å². The van der Waals surface area contributed by atoms with Gasteiger partial charge in [0.1, 0.15) is 11.6 Å². The van der Waals surface area contributed by atoms with Gasteiger partial charge in [0.25, 0.3) is 0 Å². The molecule has 1 aliphatic rings. The highest BCUT2D eigenvalue weighted by atomic mass is 32.2. The predicted molar refractivity (Wildman–Crippen MR) is 108 cm³/mol. The number of sulfone groups is 1. The Hall–Kier alpha value is -2.94. The molecule has 2 aromatic heterocycles. The third kappa shape index (κ3) is 3.82. The molecule has 1 amide bonds. The fourth-order valence-corrected chi connectivity index (χ4v) is 4.10. The van der Waals surface area contributed by atoms with E-state index in [-0.39, 0.29) is 22.8 Å². The van der Waals surface area contributed by atoms with Crippen LogP contribution in [0.2, 0.25) is 0 Å². The molecule has 0 saturated carbocycles. The van der Waals surface area contributed by atoms with Gasteiger partial charge in [0, 0.05) is 37.8 Å². The highest BCUT2D eigenvalue weighted by molar-refractivity contribution is 7.90. The minimum atomic E-state index is -3.27. The summed E-state index contributed by atoms with van der Waals surface area (Å²) in [6.45, 7) is 2.52. The van der Waals surface area contributed by atoms with E-state index in [9.17, 15) is 13.2 Å². The summed E-state index contributed by atoms with van der Waals surface area (Å²) in [4.78, 5) is 20.9. The molecule has 0 spiro atoms. The standard InChI is InChI=1S/C20H22N4O4S/c1-12(14-8-18(25)21-10-14)28-20-19-17(22-11-24(19)2)9-16(23-20)13-4-6-15(7-5-13)29(3,26)27/h4-7,9,11-12,14H,8,10H2,1-3H3,(H,21,25)/t12-,14?/m1/s1. The van der Waals surface area contributed by atoms with Crippen molar-refractivity contribution in [3.05, 3.63) is 36.7 Å². The van der Waals surface area contributed by atoms with Gasteiger partial charge in [-0.3, -0.25) is 4.79 Å². The van der Waals surface area contributed by atoms with Gasteiger partial charge in [-0.2, -0.15) is 0 Å². The van der Waals surface area contributed by atoms with Gasteiger partial charge in [0.05, 0.1) is 22.4 Å². The quantitative estimate of drug-likeness (QED) is 0.684. The normalized spacial score (nSPS) is 18.0. The van der Waals surface area contributed by atoms with Crippen molar-refractivity contribution >= 4 is 26.8 Å². The first-order chi connectivity index (χ1) is 13.7. The molecule has 9 heteroatoms. The smallest absolute Gasteiger partial charge is 0.241 e. The van der Waals surface area contributed by atoms with Crippen molar-refractivity contribution in [2.45, 2.75) is 24.3 Å². The summed E-state index contributed by atoms with van der Waals surface area (Å²) in [6.07, 6.45) is 3.10. The number of nitrogens with zero attached hydrogens (tertiary/aromatic N) is 3.